The number of anilines is 1. The lowest BCUT2D eigenvalue weighted by atomic mass is 10.1. The largest absolute Gasteiger partial charge is 0.384 e. The van der Waals surface area contributed by atoms with E-state index in [0.717, 1.165) is 18.3 Å². The monoisotopic (exact) mass is 262 g/mol. The Morgan fingerprint density at radius 2 is 2.39 bits per heavy atom. The second-order valence-electron chi connectivity index (χ2n) is 5.26. The normalized spacial score (nSPS) is 23.7. The van der Waals surface area contributed by atoms with Crippen molar-refractivity contribution in [2.24, 2.45) is 0 Å². The van der Waals surface area contributed by atoms with E-state index >= 15 is 0 Å². The minimum atomic E-state index is 0.837. The number of hydrogen-bond donors (Lipinski definition) is 1. The fraction of sp³-hybridized carbons (Fsp3) is 0.600. The van der Waals surface area contributed by atoms with Crippen molar-refractivity contribution < 1.29 is 0 Å². The van der Waals surface area contributed by atoms with Gasteiger partial charge >= 0.3 is 0 Å². The van der Waals surface area contributed by atoms with Crippen molar-refractivity contribution >= 4 is 17.4 Å². The zero-order chi connectivity index (χ0) is 12.4. The molecule has 1 aromatic carbocycles. The zero-order valence-electron chi connectivity index (χ0n) is 11.1. The Morgan fingerprint density at radius 1 is 1.44 bits per heavy atom. The molecule has 2 aliphatic heterocycles. The third kappa shape index (κ3) is 2.52. The Hall–Kier alpha value is -0.670. The van der Waals surface area contributed by atoms with E-state index in [1.165, 1.54) is 48.5 Å². The summed E-state index contributed by atoms with van der Waals surface area (Å²) in [6.45, 7) is 7.03. The van der Waals surface area contributed by atoms with Crippen LogP contribution >= 0.6 is 11.8 Å². The SMILES string of the molecule is CCC1CN(Cc2cccc3c2NCC3)CCS1. The lowest BCUT2D eigenvalue weighted by molar-refractivity contribution is 0.273. The quantitative estimate of drug-likeness (QED) is 0.901. The molecule has 2 nitrogen and oxygen atoms in total. The summed E-state index contributed by atoms with van der Waals surface area (Å²) < 4.78 is 0. The Morgan fingerprint density at radius 3 is 3.28 bits per heavy atom. The van der Waals surface area contributed by atoms with Crippen LogP contribution in [0.25, 0.3) is 0 Å². The van der Waals surface area contributed by atoms with Crippen LogP contribution in [0.2, 0.25) is 0 Å². The molecule has 2 aliphatic rings. The van der Waals surface area contributed by atoms with Crippen LogP contribution in [0, 0.1) is 0 Å². The molecule has 2 heterocycles. The molecule has 98 valence electrons. The highest BCUT2D eigenvalue weighted by molar-refractivity contribution is 8.00. The van der Waals surface area contributed by atoms with Crippen molar-refractivity contribution in [1.82, 2.24) is 4.90 Å². The van der Waals surface area contributed by atoms with Crippen LogP contribution < -0.4 is 5.32 Å². The van der Waals surface area contributed by atoms with Gasteiger partial charge in [0.25, 0.3) is 0 Å². The van der Waals surface area contributed by atoms with E-state index < -0.39 is 0 Å². The number of para-hydroxylation sites is 1. The molecule has 1 atom stereocenters. The standard InChI is InChI=1S/C15H22N2S/c1-2-14-11-17(8-9-18-14)10-13-5-3-4-12-6-7-16-15(12)13/h3-5,14,16H,2,6-11H2,1H3. The highest BCUT2D eigenvalue weighted by Gasteiger charge is 2.21. The van der Waals surface area contributed by atoms with Gasteiger partial charge in [-0.1, -0.05) is 25.1 Å². The van der Waals surface area contributed by atoms with E-state index in [9.17, 15) is 0 Å². The second kappa shape index (κ2) is 5.54. The maximum absolute atomic E-state index is 3.55. The summed E-state index contributed by atoms with van der Waals surface area (Å²) >= 11 is 2.15. The fourth-order valence-electron chi connectivity index (χ4n) is 2.95. The van der Waals surface area contributed by atoms with Crippen LogP contribution in [-0.4, -0.2) is 35.5 Å². The molecule has 3 rings (SSSR count). The summed E-state index contributed by atoms with van der Waals surface area (Å²) in [6, 6.07) is 6.77. The van der Waals surface area contributed by atoms with Gasteiger partial charge in [-0.05, 0) is 24.0 Å². The lowest BCUT2D eigenvalue weighted by Gasteiger charge is -2.32. The zero-order valence-corrected chi connectivity index (χ0v) is 11.9. The average molecular weight is 262 g/mol. The number of benzene rings is 1. The Kier molecular flexibility index (Phi) is 3.80. The topological polar surface area (TPSA) is 15.3 Å². The lowest BCUT2D eigenvalue weighted by Crippen LogP contribution is -2.37. The highest BCUT2D eigenvalue weighted by Crippen LogP contribution is 2.29. The predicted octanol–water partition coefficient (Wildman–Crippen LogP) is 2.98. The van der Waals surface area contributed by atoms with Crippen molar-refractivity contribution in [1.29, 1.82) is 0 Å². The molecule has 0 spiro atoms. The van der Waals surface area contributed by atoms with E-state index in [1.807, 2.05) is 0 Å². The highest BCUT2D eigenvalue weighted by atomic mass is 32.2. The molecule has 0 amide bonds. The van der Waals surface area contributed by atoms with Gasteiger partial charge in [-0.25, -0.2) is 0 Å². The van der Waals surface area contributed by atoms with Crippen molar-refractivity contribution in [2.75, 3.05) is 30.7 Å². The average Bonchev–Trinajstić information content (AvgIpc) is 2.88. The van der Waals surface area contributed by atoms with Gasteiger partial charge in [0.05, 0.1) is 0 Å². The van der Waals surface area contributed by atoms with Gasteiger partial charge in [0, 0.05) is 42.9 Å². The molecule has 18 heavy (non-hydrogen) atoms. The van der Waals surface area contributed by atoms with Crippen LogP contribution in [0.3, 0.4) is 0 Å². The van der Waals surface area contributed by atoms with Gasteiger partial charge < -0.3 is 5.32 Å². The number of nitrogens with zero attached hydrogens (tertiary/aromatic N) is 1. The summed E-state index contributed by atoms with van der Waals surface area (Å²) in [6.07, 6.45) is 2.49. The van der Waals surface area contributed by atoms with Crippen LogP contribution in [0.4, 0.5) is 5.69 Å². The van der Waals surface area contributed by atoms with Crippen molar-refractivity contribution in [2.45, 2.75) is 31.6 Å². The molecule has 1 N–H and O–H groups in total. The first-order valence-corrected chi connectivity index (χ1v) is 8.10. The molecule has 0 aromatic heterocycles. The molecular formula is C15H22N2S. The van der Waals surface area contributed by atoms with E-state index in [-0.39, 0.29) is 0 Å². The van der Waals surface area contributed by atoms with Gasteiger partial charge in [0.15, 0.2) is 0 Å². The van der Waals surface area contributed by atoms with Gasteiger partial charge in [-0.15, -0.1) is 0 Å². The Bertz CT molecular complexity index is 419. The summed E-state index contributed by atoms with van der Waals surface area (Å²) in [5.74, 6) is 1.29. The second-order valence-corrected chi connectivity index (χ2v) is 6.67. The number of nitrogens with one attached hydrogen (secondary N) is 1. The van der Waals surface area contributed by atoms with Gasteiger partial charge in [-0.2, -0.15) is 11.8 Å². The van der Waals surface area contributed by atoms with Crippen LogP contribution in [0.1, 0.15) is 24.5 Å². The molecule has 0 bridgehead atoms. The van der Waals surface area contributed by atoms with Crippen LogP contribution in [0.15, 0.2) is 18.2 Å². The summed E-state index contributed by atoms with van der Waals surface area (Å²) in [5.41, 5.74) is 4.42. The molecule has 0 aliphatic carbocycles. The smallest absolute Gasteiger partial charge is 0.0419 e. The number of fused-ring (bicyclic) bond motifs is 1. The van der Waals surface area contributed by atoms with Crippen molar-refractivity contribution in [3.8, 4) is 0 Å². The van der Waals surface area contributed by atoms with E-state index in [2.05, 4.69) is 47.1 Å². The molecule has 1 fully saturated rings. The Balaban J connectivity index is 1.71. The minimum absolute atomic E-state index is 0.837. The van der Waals surface area contributed by atoms with Gasteiger partial charge in [0.1, 0.15) is 0 Å². The maximum Gasteiger partial charge on any atom is 0.0419 e. The molecule has 1 aromatic rings. The third-order valence-corrected chi connectivity index (χ3v) is 5.38. The molecule has 1 saturated heterocycles. The third-order valence-electron chi connectivity index (χ3n) is 4.01. The Labute approximate surface area is 114 Å². The van der Waals surface area contributed by atoms with E-state index in [1.54, 1.807) is 0 Å². The minimum Gasteiger partial charge on any atom is -0.384 e. The number of rotatable bonds is 3. The number of thioether (sulfide) groups is 1. The molecule has 0 saturated carbocycles. The fourth-order valence-corrected chi connectivity index (χ4v) is 4.20. The van der Waals surface area contributed by atoms with E-state index in [0.29, 0.717) is 0 Å². The van der Waals surface area contributed by atoms with Crippen LogP contribution in [0.5, 0.6) is 0 Å². The van der Waals surface area contributed by atoms with Crippen molar-refractivity contribution in [3.05, 3.63) is 29.3 Å². The first-order chi connectivity index (χ1) is 8.86. The maximum atomic E-state index is 3.55. The first kappa shape index (κ1) is 12.4. The van der Waals surface area contributed by atoms with Crippen LogP contribution in [-0.2, 0) is 13.0 Å². The molecule has 3 heteroatoms. The summed E-state index contributed by atoms with van der Waals surface area (Å²) in [7, 11) is 0. The van der Waals surface area contributed by atoms with Crippen molar-refractivity contribution in [3.63, 3.8) is 0 Å². The van der Waals surface area contributed by atoms with Gasteiger partial charge in [-0.3, -0.25) is 4.90 Å². The number of hydrogen-bond acceptors (Lipinski definition) is 3. The molecular weight excluding hydrogens is 240 g/mol. The van der Waals surface area contributed by atoms with Gasteiger partial charge in [0.2, 0.25) is 0 Å². The molecule has 1 unspecified atom stereocenters. The first-order valence-electron chi connectivity index (χ1n) is 7.05. The summed E-state index contributed by atoms with van der Waals surface area (Å²) in [4.78, 5) is 2.63. The predicted molar refractivity (Wildman–Crippen MR) is 80.4 cm³/mol. The van der Waals surface area contributed by atoms with E-state index in [4.69, 9.17) is 0 Å². The molecule has 0 radical (unpaired) electrons. The summed E-state index contributed by atoms with van der Waals surface area (Å²) in [5, 5.41) is 4.39.